The molecule has 0 aliphatic heterocycles. The van der Waals surface area contributed by atoms with Crippen LogP contribution >= 0.6 is 15.6 Å². The van der Waals surface area contributed by atoms with Crippen molar-refractivity contribution >= 4 is 39.5 Å². The number of esters is 4. The maximum Gasteiger partial charge on any atom is 0.472 e. The summed E-state index contributed by atoms with van der Waals surface area (Å²) >= 11 is 0. The molecule has 0 aromatic heterocycles. The van der Waals surface area contributed by atoms with E-state index in [1.54, 1.807) is 12.2 Å². The summed E-state index contributed by atoms with van der Waals surface area (Å²) in [5.74, 6) is -2.50. The van der Waals surface area contributed by atoms with Gasteiger partial charge in [-0.15, -0.1) is 0 Å². The minimum Gasteiger partial charge on any atom is -0.462 e. The fourth-order valence-electron chi connectivity index (χ4n) is 9.65. The van der Waals surface area contributed by atoms with Crippen LogP contribution in [0.1, 0.15) is 259 Å². The van der Waals surface area contributed by atoms with Gasteiger partial charge in [-0.2, -0.15) is 0 Å². The minimum absolute atomic E-state index is 0.00592. The maximum atomic E-state index is 13.1. The number of hydrogen-bond donors (Lipinski definition) is 3. The van der Waals surface area contributed by atoms with Crippen LogP contribution in [0, 0.1) is 0 Å². The Labute approximate surface area is 664 Å². The van der Waals surface area contributed by atoms with Crippen LogP contribution in [0.15, 0.2) is 231 Å². The molecule has 0 aromatic carbocycles. The van der Waals surface area contributed by atoms with Crippen molar-refractivity contribution in [2.75, 3.05) is 39.6 Å². The van der Waals surface area contributed by atoms with E-state index in [0.29, 0.717) is 32.1 Å². The fraction of sp³-hybridized carbons (Fsp3) is 0.538. The number of phosphoric acid groups is 2. The third kappa shape index (κ3) is 79.2. The van der Waals surface area contributed by atoms with E-state index < -0.39 is 97.5 Å². The number of ether oxygens (including phenoxy) is 4. The quantitative estimate of drug-likeness (QED) is 0.0169. The van der Waals surface area contributed by atoms with Gasteiger partial charge in [0.1, 0.15) is 19.3 Å². The first kappa shape index (κ1) is 103. The van der Waals surface area contributed by atoms with Gasteiger partial charge in [0.15, 0.2) is 12.2 Å². The lowest BCUT2D eigenvalue weighted by Crippen LogP contribution is -2.30. The second kappa shape index (κ2) is 80.2. The molecule has 0 aliphatic rings. The second-order valence-corrected chi connectivity index (χ2v) is 28.8. The lowest BCUT2D eigenvalue weighted by atomic mass is 10.1. The number of aliphatic hydroxyl groups excluding tert-OH is 1. The molecule has 0 saturated carbocycles. The van der Waals surface area contributed by atoms with Gasteiger partial charge in [0.25, 0.3) is 0 Å². The van der Waals surface area contributed by atoms with E-state index in [-0.39, 0.29) is 25.7 Å². The number of carbonyl (C=O) groups is 4. The maximum absolute atomic E-state index is 13.1. The van der Waals surface area contributed by atoms with Crippen molar-refractivity contribution in [1.82, 2.24) is 0 Å². The van der Waals surface area contributed by atoms with Gasteiger partial charge in [0.2, 0.25) is 0 Å². The lowest BCUT2D eigenvalue weighted by Gasteiger charge is -2.21. The fourth-order valence-corrected chi connectivity index (χ4v) is 11.2. The van der Waals surface area contributed by atoms with Crippen molar-refractivity contribution in [3.63, 3.8) is 0 Å². The standard InChI is InChI=1S/C91H140O17P2/c1-5-9-13-17-21-25-29-33-37-40-42-45-48-51-55-59-63-67-71-75-88(93)101-81-86(107-90(95)77-73-69-65-61-57-53-47-36-32-28-24-20-16-12-8-4)83-105-109(97,98)103-79-85(92)80-104-110(99,100)106-84-87(108-91(96)78-74-70-66-62-58-54-50-44-39-35-31-27-23-19-15-11-7-3)82-102-89(94)76-72-68-64-60-56-52-49-46-43-41-38-34-30-26-22-18-14-10-6-2/h9-16,21-28,33-39,42-43,45-47,50-51,54-55,57,61,63,67,69,73,85-87,92H,5-8,17-20,29-32,40-41,44,48-49,52-53,56,58-60,62,64-66,68,70-72,74-84H2,1-4H3,(H,97,98)(H,99,100)/b13-9-,14-10-,15-11-,16-12-,25-21-,26-22-,27-23-,28-24-,37-33-,38-34-,39-35-,45-42-,46-43-,47-36-,54-50-,55-51-,61-57-,67-63-,73-69-. The zero-order valence-corrected chi connectivity index (χ0v) is 69.1. The van der Waals surface area contributed by atoms with Crippen molar-refractivity contribution in [2.24, 2.45) is 0 Å². The minimum atomic E-state index is -5.04. The average molecular weight is 1570 g/mol. The second-order valence-electron chi connectivity index (χ2n) is 25.8. The SMILES string of the molecule is CC/C=C\C/C=C\C/C=C\C/C=C\C/C=C\C/C=C\CCC(=O)OCC(COP(=O)(O)OCC(O)COP(=O)(O)OCC(COC(=O)CCCCCCCC/C=C\C/C=C\C/C=C\C/C=C\CC)OC(=O)CCCCCC/C=C\C/C=C\C/C=C\C/C=C\CC)OC(=O)C/C=C\C/C=C\C/C=C\C/C=C\C/C=C\CC. The molecule has 0 spiro atoms. The van der Waals surface area contributed by atoms with Crippen LogP contribution in [0.4, 0.5) is 0 Å². The Balaban J connectivity index is 5.56. The summed E-state index contributed by atoms with van der Waals surface area (Å²) in [7, 11) is -10.1. The first-order chi connectivity index (χ1) is 53.7. The molecule has 5 unspecified atom stereocenters. The number of allylic oxidation sites excluding steroid dienone is 37. The summed E-state index contributed by atoms with van der Waals surface area (Å²) in [5, 5.41) is 10.7. The molecule has 0 radical (unpaired) electrons. The third-order valence-electron chi connectivity index (χ3n) is 15.7. The van der Waals surface area contributed by atoms with Crippen LogP contribution in [0.25, 0.3) is 0 Å². The van der Waals surface area contributed by atoms with Crippen LogP contribution in [0.3, 0.4) is 0 Å². The van der Waals surface area contributed by atoms with Crippen molar-refractivity contribution in [3.8, 4) is 0 Å². The predicted molar refractivity (Wildman–Crippen MR) is 454 cm³/mol. The summed E-state index contributed by atoms with van der Waals surface area (Å²) < 4.78 is 68.4. The molecule has 3 N–H and O–H groups in total. The summed E-state index contributed by atoms with van der Waals surface area (Å²) in [6.45, 7) is 4.13. The molecule has 0 aromatic rings. The molecule has 616 valence electrons. The van der Waals surface area contributed by atoms with Gasteiger partial charge >= 0.3 is 39.5 Å². The smallest absolute Gasteiger partial charge is 0.462 e. The third-order valence-corrected chi connectivity index (χ3v) is 17.6. The molecule has 19 heteroatoms. The highest BCUT2D eigenvalue weighted by atomic mass is 31.2. The zero-order chi connectivity index (χ0) is 80.3. The van der Waals surface area contributed by atoms with Gasteiger partial charge in [-0.05, 0) is 167 Å². The highest BCUT2D eigenvalue weighted by Gasteiger charge is 2.30. The Kier molecular flexibility index (Phi) is 75.2. The van der Waals surface area contributed by atoms with Crippen LogP contribution in [0.5, 0.6) is 0 Å². The predicted octanol–water partition coefficient (Wildman–Crippen LogP) is 24.2. The number of hydrogen-bond acceptors (Lipinski definition) is 15. The largest absolute Gasteiger partial charge is 0.472 e. The Morgan fingerprint density at radius 3 is 0.818 bits per heavy atom. The molecule has 0 heterocycles. The summed E-state index contributed by atoms with van der Waals surface area (Å²) in [4.78, 5) is 73.1. The van der Waals surface area contributed by atoms with Gasteiger partial charge in [0, 0.05) is 19.3 Å². The van der Waals surface area contributed by atoms with E-state index in [2.05, 4.69) is 216 Å². The zero-order valence-electron chi connectivity index (χ0n) is 67.3. The first-order valence-electron chi connectivity index (χ1n) is 40.6. The average Bonchev–Trinajstić information content (AvgIpc) is 0.899. The van der Waals surface area contributed by atoms with E-state index in [4.69, 9.17) is 37.0 Å². The van der Waals surface area contributed by atoms with Crippen molar-refractivity contribution < 1.29 is 80.2 Å². The monoisotopic (exact) mass is 1570 g/mol. The van der Waals surface area contributed by atoms with Gasteiger partial charge in [-0.25, -0.2) is 9.13 Å². The number of aliphatic hydroxyl groups is 1. The van der Waals surface area contributed by atoms with Crippen molar-refractivity contribution in [3.05, 3.63) is 231 Å². The van der Waals surface area contributed by atoms with Crippen molar-refractivity contribution in [2.45, 2.75) is 277 Å². The molecule has 0 amide bonds. The van der Waals surface area contributed by atoms with Gasteiger partial charge in [-0.3, -0.25) is 37.3 Å². The normalized spacial score (nSPS) is 15.0. The van der Waals surface area contributed by atoms with E-state index in [1.807, 2.05) is 30.4 Å². The summed E-state index contributed by atoms with van der Waals surface area (Å²) in [6, 6.07) is 0. The molecule has 0 fully saturated rings. The molecule has 0 bridgehead atoms. The number of rotatable bonds is 73. The van der Waals surface area contributed by atoms with E-state index in [0.717, 1.165) is 173 Å². The Morgan fingerprint density at radius 2 is 0.500 bits per heavy atom. The Bertz CT molecular complexity index is 3000. The molecule has 0 aliphatic carbocycles. The molecule has 5 atom stereocenters. The highest BCUT2D eigenvalue weighted by molar-refractivity contribution is 7.47. The number of unbranched alkanes of at least 4 members (excludes halogenated alkanes) is 10. The van der Waals surface area contributed by atoms with Crippen LogP contribution in [0.2, 0.25) is 0 Å². The highest BCUT2D eigenvalue weighted by Crippen LogP contribution is 2.45. The topological polar surface area (TPSA) is 237 Å². The van der Waals surface area contributed by atoms with Gasteiger partial charge < -0.3 is 33.8 Å². The molecule has 0 rings (SSSR count). The summed E-state index contributed by atoms with van der Waals surface area (Å²) in [6.07, 6.45) is 104. The Morgan fingerprint density at radius 1 is 0.264 bits per heavy atom. The van der Waals surface area contributed by atoms with Crippen LogP contribution in [-0.2, 0) is 65.4 Å². The first-order valence-corrected chi connectivity index (χ1v) is 43.6. The van der Waals surface area contributed by atoms with Crippen LogP contribution < -0.4 is 0 Å². The van der Waals surface area contributed by atoms with Crippen LogP contribution in [-0.4, -0.2) is 96.7 Å². The molecular weight excluding hydrogens is 1430 g/mol. The summed E-state index contributed by atoms with van der Waals surface area (Å²) in [5.41, 5.74) is 0. The lowest BCUT2D eigenvalue weighted by molar-refractivity contribution is -0.161. The molecule has 17 nitrogen and oxygen atoms in total. The van der Waals surface area contributed by atoms with Gasteiger partial charge in [-0.1, -0.05) is 297 Å². The number of carbonyl (C=O) groups excluding carboxylic acids is 4. The molecule has 110 heavy (non-hydrogen) atoms. The molecule has 0 saturated heterocycles. The van der Waals surface area contributed by atoms with E-state index in [1.165, 1.54) is 0 Å². The molecular formula is C91H140O17P2. The Hall–Kier alpha value is -6.88. The van der Waals surface area contributed by atoms with Gasteiger partial charge in [0.05, 0.1) is 32.8 Å². The number of phosphoric ester groups is 2. The van der Waals surface area contributed by atoms with E-state index in [9.17, 15) is 43.2 Å². The van der Waals surface area contributed by atoms with E-state index >= 15 is 0 Å². The van der Waals surface area contributed by atoms with Crippen molar-refractivity contribution in [1.29, 1.82) is 0 Å².